The molecule has 198 valence electrons. The summed E-state index contributed by atoms with van der Waals surface area (Å²) in [5.41, 5.74) is 1.50. The molecule has 1 aliphatic heterocycles. The topological polar surface area (TPSA) is 64.6 Å². The average Bonchev–Trinajstić information content (AvgIpc) is 3.53. The van der Waals surface area contributed by atoms with Crippen LogP contribution in [0.1, 0.15) is 43.6 Å². The summed E-state index contributed by atoms with van der Waals surface area (Å²) in [5.74, 6) is 1.31. The SMILES string of the molecule is COc1cc(C(=O)S[C@H]2NC(=O)[C@@H]2[C@@H](C)O[Si](C)(C)C(C)(C)C)ccc1[C]1[CH][CH][CH][CH]1.[CH]1[CH][CH][CH][CH]1.[Fe+2]. The largest absolute Gasteiger partial charge is 2.00 e. The van der Waals surface area contributed by atoms with Crippen molar-refractivity contribution < 1.29 is 35.8 Å². The van der Waals surface area contributed by atoms with Crippen LogP contribution in [0.25, 0.3) is 0 Å². The Hall–Kier alpha value is -0.794. The number of rotatable bonds is 7. The summed E-state index contributed by atoms with van der Waals surface area (Å²) in [6.07, 6.45) is 17.7. The molecule has 1 heterocycles. The molecule has 8 heteroatoms. The third-order valence-corrected chi connectivity index (χ3v) is 12.6. The van der Waals surface area contributed by atoms with Crippen molar-refractivity contribution in [1.82, 2.24) is 5.32 Å². The first-order chi connectivity index (χ1) is 16.9. The molecular weight excluding hydrogens is 542 g/mol. The molecule has 1 aromatic carbocycles. The minimum absolute atomic E-state index is 0. The Morgan fingerprint density at radius 1 is 1.03 bits per heavy atom. The number of nitrogens with one attached hydrogen (secondary N) is 1. The Balaban J connectivity index is 0.000000716. The van der Waals surface area contributed by atoms with Gasteiger partial charge in [-0.2, -0.15) is 0 Å². The van der Waals surface area contributed by atoms with E-state index in [9.17, 15) is 9.59 Å². The standard InChI is InChI=1S/C24H32NO4SSi.C5H5.Fe/c1-15(29-31(6,7)24(2,3)4)20-21(26)25-22(20)30-23(27)17-12-13-18(19(14-17)28-5)16-10-8-9-11-16;1-2-4-5-3-1;/h8-15,20,22H,1-7H3,(H,25,26);1-5H;/q;;+2/t15-,20+,22-;;/m1../s1. The van der Waals surface area contributed by atoms with E-state index >= 15 is 0 Å². The van der Waals surface area contributed by atoms with Crippen LogP contribution in [-0.4, -0.2) is 37.9 Å². The summed E-state index contributed by atoms with van der Waals surface area (Å²) >= 11 is 1.14. The van der Waals surface area contributed by atoms with Crippen LogP contribution >= 0.6 is 11.8 Å². The van der Waals surface area contributed by atoms with Crippen LogP contribution in [0.15, 0.2) is 18.2 Å². The quantitative estimate of drug-likeness (QED) is 0.326. The Morgan fingerprint density at radius 2 is 1.59 bits per heavy atom. The maximum atomic E-state index is 13.0. The second-order valence-electron chi connectivity index (χ2n) is 10.5. The minimum atomic E-state index is -2.01. The minimum Gasteiger partial charge on any atom is -0.496 e. The van der Waals surface area contributed by atoms with Crippen molar-refractivity contribution in [3.05, 3.63) is 93.0 Å². The number of methoxy groups -OCH3 is 1. The number of ether oxygens (including phenoxy) is 1. The third kappa shape index (κ3) is 8.34. The number of amides is 1. The first-order valence-electron chi connectivity index (χ1n) is 12.2. The Bertz CT molecular complexity index is 902. The molecule has 0 aromatic heterocycles. The number of β-lactam (4-membered cyclic amide) rings is 1. The maximum Gasteiger partial charge on any atom is 2.00 e. The van der Waals surface area contributed by atoms with E-state index in [-0.39, 0.29) is 50.5 Å². The molecule has 3 fully saturated rings. The van der Waals surface area contributed by atoms with Gasteiger partial charge in [-0.1, -0.05) is 38.6 Å². The van der Waals surface area contributed by atoms with E-state index in [4.69, 9.17) is 9.16 Å². The molecule has 2 saturated carbocycles. The van der Waals surface area contributed by atoms with Gasteiger partial charge < -0.3 is 14.5 Å². The van der Waals surface area contributed by atoms with Crippen LogP contribution in [0, 0.1) is 69.6 Å². The van der Waals surface area contributed by atoms with Crippen molar-refractivity contribution >= 4 is 31.1 Å². The Kier molecular flexibility index (Phi) is 12.3. The molecule has 1 aromatic rings. The predicted octanol–water partition coefficient (Wildman–Crippen LogP) is 5.82. The molecule has 10 radical (unpaired) electrons. The molecule has 1 N–H and O–H groups in total. The normalized spacial score (nSPS) is 22.7. The molecule has 1 saturated heterocycles. The van der Waals surface area contributed by atoms with Gasteiger partial charge in [-0.25, -0.2) is 0 Å². The number of hydrogen-bond acceptors (Lipinski definition) is 5. The van der Waals surface area contributed by atoms with Crippen LogP contribution in [-0.2, 0) is 26.3 Å². The molecule has 0 spiro atoms. The summed E-state index contributed by atoms with van der Waals surface area (Å²) in [6.45, 7) is 12.8. The van der Waals surface area contributed by atoms with Crippen LogP contribution in [0.5, 0.6) is 5.75 Å². The van der Waals surface area contributed by atoms with Crippen molar-refractivity contribution in [3.8, 4) is 5.75 Å². The summed E-state index contributed by atoms with van der Waals surface area (Å²) < 4.78 is 11.9. The van der Waals surface area contributed by atoms with Crippen molar-refractivity contribution in [3.63, 3.8) is 0 Å². The van der Waals surface area contributed by atoms with Gasteiger partial charge in [-0.3, -0.25) is 9.59 Å². The van der Waals surface area contributed by atoms with Crippen LogP contribution in [0.4, 0.5) is 0 Å². The number of thioether (sulfide) groups is 1. The molecule has 3 atom stereocenters. The first kappa shape index (κ1) is 32.4. The van der Waals surface area contributed by atoms with Gasteiger partial charge in [-0.15, -0.1) is 0 Å². The fraction of sp³-hybridized carbons (Fsp3) is 0.379. The van der Waals surface area contributed by atoms with Gasteiger partial charge in [0.25, 0.3) is 0 Å². The second-order valence-corrected chi connectivity index (χ2v) is 16.4. The average molecular weight is 580 g/mol. The van der Waals surface area contributed by atoms with E-state index < -0.39 is 8.32 Å². The smallest absolute Gasteiger partial charge is 0.496 e. The predicted molar refractivity (Wildman–Crippen MR) is 149 cm³/mol. The van der Waals surface area contributed by atoms with Gasteiger partial charge in [0.2, 0.25) is 11.0 Å². The van der Waals surface area contributed by atoms with E-state index in [1.54, 1.807) is 13.2 Å². The maximum absolute atomic E-state index is 13.0. The fourth-order valence-corrected chi connectivity index (χ4v) is 6.35. The summed E-state index contributed by atoms with van der Waals surface area (Å²) in [7, 11) is -0.410. The molecule has 2 aliphatic carbocycles. The van der Waals surface area contributed by atoms with Crippen molar-refractivity contribution in [2.24, 2.45) is 5.92 Å². The molecular formula is C29H37FeNO4SSi+2. The van der Waals surface area contributed by atoms with Crippen LogP contribution in [0.3, 0.4) is 0 Å². The number of hydrogen-bond donors (Lipinski definition) is 1. The Labute approximate surface area is 240 Å². The zero-order valence-corrected chi connectivity index (χ0v) is 25.5. The van der Waals surface area contributed by atoms with E-state index in [1.165, 1.54) is 0 Å². The first-order valence-corrected chi connectivity index (χ1v) is 16.0. The number of carbonyl (C=O) groups excluding carboxylic acids is 2. The molecule has 3 aliphatic rings. The molecule has 1 amide bonds. The summed E-state index contributed by atoms with van der Waals surface area (Å²) in [4.78, 5) is 25.2. The summed E-state index contributed by atoms with van der Waals surface area (Å²) in [6, 6.07) is 5.48. The zero-order valence-electron chi connectivity index (χ0n) is 22.6. The van der Waals surface area contributed by atoms with Gasteiger partial charge in [0.1, 0.15) is 5.75 Å². The van der Waals surface area contributed by atoms with Crippen LogP contribution in [0.2, 0.25) is 18.1 Å². The molecule has 5 nitrogen and oxygen atoms in total. The number of carbonyl (C=O) groups is 2. The zero-order chi connectivity index (χ0) is 26.5. The molecule has 0 bridgehead atoms. The number of benzene rings is 1. The van der Waals surface area contributed by atoms with E-state index in [2.05, 4.69) is 39.2 Å². The third-order valence-electron chi connectivity index (χ3n) is 6.91. The van der Waals surface area contributed by atoms with Crippen molar-refractivity contribution in [1.29, 1.82) is 0 Å². The van der Waals surface area contributed by atoms with E-state index in [0.29, 0.717) is 11.3 Å². The van der Waals surface area contributed by atoms with Gasteiger partial charge in [0, 0.05) is 17.0 Å². The van der Waals surface area contributed by atoms with Crippen molar-refractivity contribution in [2.45, 2.75) is 57.3 Å². The van der Waals surface area contributed by atoms with E-state index in [0.717, 1.165) is 23.2 Å². The van der Waals surface area contributed by atoms with Gasteiger partial charge >= 0.3 is 17.1 Å². The molecule has 37 heavy (non-hydrogen) atoms. The monoisotopic (exact) mass is 579 g/mol. The molecule has 0 unspecified atom stereocenters. The van der Waals surface area contributed by atoms with Gasteiger partial charge in [0.15, 0.2) is 8.32 Å². The molecule has 4 rings (SSSR count). The second kappa shape index (κ2) is 14.0. The fourth-order valence-electron chi connectivity index (χ4n) is 3.76. The summed E-state index contributed by atoms with van der Waals surface area (Å²) in [5, 5.41) is 2.54. The Morgan fingerprint density at radius 3 is 2.08 bits per heavy atom. The van der Waals surface area contributed by atoms with Gasteiger partial charge in [0.05, 0.1) is 24.5 Å². The van der Waals surface area contributed by atoms with E-state index in [1.807, 2.05) is 76.8 Å². The van der Waals surface area contributed by atoms with Gasteiger partial charge in [-0.05, 0) is 95.0 Å². The van der Waals surface area contributed by atoms with Crippen LogP contribution < -0.4 is 10.1 Å². The van der Waals surface area contributed by atoms with Crippen molar-refractivity contribution in [2.75, 3.05) is 7.11 Å².